The highest BCUT2D eigenvalue weighted by Crippen LogP contribution is 2.26. The molecule has 0 spiro atoms. The van der Waals surface area contributed by atoms with Gasteiger partial charge in [0.2, 0.25) is 0 Å². The summed E-state index contributed by atoms with van der Waals surface area (Å²) in [6.07, 6.45) is 1.85. The van der Waals surface area contributed by atoms with Gasteiger partial charge in [-0.1, -0.05) is 38.1 Å². The quantitative estimate of drug-likeness (QED) is 0.504. The van der Waals surface area contributed by atoms with Gasteiger partial charge in [0.25, 0.3) is 0 Å². The molecule has 2 N–H and O–H groups in total. The van der Waals surface area contributed by atoms with Crippen LogP contribution >= 0.6 is 11.3 Å². The van der Waals surface area contributed by atoms with Gasteiger partial charge >= 0.3 is 0 Å². The first kappa shape index (κ1) is 18.4. The molecule has 0 unspecified atom stereocenters. The number of fused-ring (bicyclic) bond motifs is 1. The lowest BCUT2D eigenvalue weighted by molar-refractivity contribution is 0.518. The molecule has 2 heterocycles. The lowest BCUT2D eigenvalue weighted by atomic mass is 9.91. The van der Waals surface area contributed by atoms with E-state index in [1.807, 2.05) is 30.5 Å². The van der Waals surface area contributed by atoms with E-state index in [0.29, 0.717) is 6.54 Å². The summed E-state index contributed by atoms with van der Waals surface area (Å²) < 4.78 is 0. The number of guanidine groups is 1. The van der Waals surface area contributed by atoms with E-state index in [0.717, 1.165) is 30.0 Å². The van der Waals surface area contributed by atoms with E-state index in [2.05, 4.69) is 60.0 Å². The second-order valence-electron chi connectivity index (χ2n) is 6.90. The fraction of sp³-hybridized carbons (Fsp3) is 0.333. The number of hydrogen-bond donors (Lipinski definition) is 2. The molecule has 0 saturated heterocycles. The van der Waals surface area contributed by atoms with Gasteiger partial charge in [-0.25, -0.2) is 4.99 Å². The molecule has 0 saturated carbocycles. The number of benzene rings is 1. The monoisotopic (exact) mass is 366 g/mol. The van der Waals surface area contributed by atoms with E-state index in [9.17, 15) is 0 Å². The van der Waals surface area contributed by atoms with Gasteiger partial charge in [0, 0.05) is 35.0 Å². The van der Waals surface area contributed by atoms with Crippen LogP contribution in [0.15, 0.2) is 59.0 Å². The zero-order valence-corrected chi connectivity index (χ0v) is 16.4. The largest absolute Gasteiger partial charge is 0.357 e. The number of thiophene rings is 1. The van der Waals surface area contributed by atoms with Crippen LogP contribution in [0, 0.1) is 0 Å². The number of hydrogen-bond acceptors (Lipinski definition) is 3. The minimum absolute atomic E-state index is 0.0632. The van der Waals surface area contributed by atoms with E-state index in [-0.39, 0.29) is 5.41 Å². The van der Waals surface area contributed by atoms with Gasteiger partial charge in [-0.15, -0.1) is 11.3 Å². The first-order valence-electron chi connectivity index (χ1n) is 8.99. The molecule has 0 aliphatic carbocycles. The summed E-state index contributed by atoms with van der Waals surface area (Å²) in [6, 6.07) is 14.5. The van der Waals surface area contributed by atoms with Gasteiger partial charge in [0.15, 0.2) is 5.96 Å². The highest BCUT2D eigenvalue weighted by Gasteiger charge is 2.21. The molecule has 0 aliphatic heterocycles. The smallest absolute Gasteiger partial charge is 0.191 e. The Bertz CT molecular complexity index is 863. The van der Waals surface area contributed by atoms with Gasteiger partial charge in [0.1, 0.15) is 0 Å². The third-order valence-electron chi connectivity index (χ3n) is 4.38. The summed E-state index contributed by atoms with van der Waals surface area (Å²) in [6.45, 7) is 8.89. The Morgan fingerprint density at radius 3 is 2.73 bits per heavy atom. The Morgan fingerprint density at radius 2 is 1.96 bits per heavy atom. The molecule has 4 nitrogen and oxygen atoms in total. The molecule has 0 radical (unpaired) electrons. The number of nitrogens with zero attached hydrogens (tertiary/aromatic N) is 2. The minimum atomic E-state index is 0.0632. The number of aromatic nitrogens is 1. The maximum atomic E-state index is 4.79. The highest BCUT2D eigenvalue weighted by molar-refractivity contribution is 7.10. The zero-order chi connectivity index (χ0) is 18.4. The molecule has 5 heteroatoms. The van der Waals surface area contributed by atoms with Crippen molar-refractivity contribution < 1.29 is 0 Å². The number of rotatable bonds is 6. The Balaban J connectivity index is 1.73. The van der Waals surface area contributed by atoms with Crippen LogP contribution < -0.4 is 10.6 Å². The maximum Gasteiger partial charge on any atom is 0.191 e. The summed E-state index contributed by atoms with van der Waals surface area (Å²) in [7, 11) is 0. The normalized spacial score (nSPS) is 12.3. The molecular weight excluding hydrogens is 340 g/mol. The van der Waals surface area contributed by atoms with Crippen LogP contribution in [0.25, 0.3) is 10.9 Å². The average Bonchev–Trinajstić information content (AvgIpc) is 3.20. The lowest BCUT2D eigenvalue weighted by Crippen LogP contribution is -2.43. The summed E-state index contributed by atoms with van der Waals surface area (Å²) in [5.41, 5.74) is 2.26. The number of aliphatic imine (C=N–C) groups is 1. The number of pyridine rings is 1. The molecule has 2 aromatic heterocycles. The van der Waals surface area contributed by atoms with Crippen molar-refractivity contribution in [1.82, 2.24) is 15.6 Å². The first-order valence-corrected chi connectivity index (χ1v) is 9.87. The van der Waals surface area contributed by atoms with Gasteiger partial charge < -0.3 is 10.6 Å². The van der Waals surface area contributed by atoms with Crippen LogP contribution in [-0.4, -0.2) is 24.0 Å². The lowest BCUT2D eigenvalue weighted by Gasteiger charge is -2.25. The van der Waals surface area contributed by atoms with E-state index in [4.69, 9.17) is 4.99 Å². The summed E-state index contributed by atoms with van der Waals surface area (Å²) in [4.78, 5) is 10.6. The zero-order valence-electron chi connectivity index (χ0n) is 15.6. The van der Waals surface area contributed by atoms with Crippen LogP contribution in [0.5, 0.6) is 0 Å². The predicted octanol–water partition coefficient (Wildman–Crippen LogP) is 4.33. The summed E-state index contributed by atoms with van der Waals surface area (Å²) >= 11 is 1.80. The van der Waals surface area contributed by atoms with Crippen LogP contribution in [0.2, 0.25) is 0 Å². The molecule has 0 bridgehead atoms. The van der Waals surface area contributed by atoms with Crippen molar-refractivity contribution in [2.75, 3.05) is 13.1 Å². The Labute approximate surface area is 159 Å². The van der Waals surface area contributed by atoms with Crippen molar-refractivity contribution in [3.63, 3.8) is 0 Å². The van der Waals surface area contributed by atoms with Crippen molar-refractivity contribution in [2.24, 2.45) is 4.99 Å². The molecule has 3 aromatic rings. The molecule has 3 rings (SSSR count). The SMILES string of the molecule is CCNC(=NCc1ccnc2ccccc12)NCC(C)(C)c1cccs1. The van der Waals surface area contributed by atoms with Crippen molar-refractivity contribution >= 4 is 28.2 Å². The van der Waals surface area contributed by atoms with Crippen molar-refractivity contribution in [3.05, 3.63) is 64.5 Å². The molecular formula is C21H26N4S. The fourth-order valence-corrected chi connectivity index (χ4v) is 3.71. The minimum Gasteiger partial charge on any atom is -0.357 e. The van der Waals surface area contributed by atoms with Crippen LogP contribution in [-0.2, 0) is 12.0 Å². The van der Waals surface area contributed by atoms with Crippen LogP contribution in [0.1, 0.15) is 31.2 Å². The third-order valence-corrected chi connectivity index (χ3v) is 5.61. The summed E-state index contributed by atoms with van der Waals surface area (Å²) in [5, 5.41) is 10.1. The Morgan fingerprint density at radius 1 is 1.12 bits per heavy atom. The maximum absolute atomic E-state index is 4.79. The van der Waals surface area contributed by atoms with E-state index in [1.165, 1.54) is 10.4 Å². The van der Waals surface area contributed by atoms with Gasteiger partial charge in [0.05, 0.1) is 12.1 Å². The second-order valence-corrected chi connectivity index (χ2v) is 7.84. The Kier molecular flexibility index (Phi) is 5.89. The van der Waals surface area contributed by atoms with Gasteiger partial charge in [-0.3, -0.25) is 4.98 Å². The van der Waals surface area contributed by atoms with Crippen LogP contribution in [0.4, 0.5) is 0 Å². The van der Waals surface area contributed by atoms with Crippen LogP contribution in [0.3, 0.4) is 0 Å². The van der Waals surface area contributed by atoms with E-state index in [1.54, 1.807) is 11.3 Å². The first-order chi connectivity index (χ1) is 12.6. The van der Waals surface area contributed by atoms with Gasteiger partial charge in [-0.2, -0.15) is 0 Å². The topological polar surface area (TPSA) is 49.3 Å². The standard InChI is InChI=1S/C21H26N4S/c1-4-22-20(25-15-21(2,3)19-10-7-13-26-19)24-14-16-11-12-23-18-9-6-5-8-17(16)18/h5-13H,4,14-15H2,1-3H3,(H2,22,24,25). The molecule has 1 aromatic carbocycles. The van der Waals surface area contributed by atoms with Gasteiger partial charge in [-0.05, 0) is 36.1 Å². The summed E-state index contributed by atoms with van der Waals surface area (Å²) in [5.74, 6) is 0.845. The Hall–Kier alpha value is -2.40. The van der Waals surface area contributed by atoms with Crippen molar-refractivity contribution in [2.45, 2.75) is 32.7 Å². The average molecular weight is 367 g/mol. The van der Waals surface area contributed by atoms with Crippen molar-refractivity contribution in [1.29, 1.82) is 0 Å². The molecule has 0 fully saturated rings. The molecule has 136 valence electrons. The second kappa shape index (κ2) is 8.32. The highest BCUT2D eigenvalue weighted by atomic mass is 32.1. The molecule has 0 amide bonds. The molecule has 26 heavy (non-hydrogen) atoms. The molecule has 0 atom stereocenters. The third kappa shape index (κ3) is 4.41. The van der Waals surface area contributed by atoms with E-state index >= 15 is 0 Å². The fourth-order valence-electron chi connectivity index (χ4n) is 2.85. The predicted molar refractivity (Wildman–Crippen MR) is 112 cm³/mol. The number of nitrogens with one attached hydrogen (secondary N) is 2. The van der Waals surface area contributed by atoms with Crippen molar-refractivity contribution in [3.8, 4) is 0 Å². The molecule has 0 aliphatic rings. The number of para-hydroxylation sites is 1. The van der Waals surface area contributed by atoms with E-state index < -0.39 is 0 Å².